The topological polar surface area (TPSA) is 62.2 Å². The van der Waals surface area contributed by atoms with Crippen LogP contribution in [0.15, 0.2) is 42.6 Å². The van der Waals surface area contributed by atoms with Crippen LogP contribution in [0.25, 0.3) is 17.0 Å². The molecule has 2 atom stereocenters. The van der Waals surface area contributed by atoms with Crippen molar-refractivity contribution in [2.75, 3.05) is 6.54 Å². The van der Waals surface area contributed by atoms with E-state index in [1.807, 2.05) is 36.4 Å². The number of nitrogens with one attached hydrogen (secondary N) is 1. The van der Waals surface area contributed by atoms with Crippen LogP contribution in [0.3, 0.4) is 0 Å². The molecular weight excluding hydrogens is 276 g/mol. The second-order valence-corrected chi connectivity index (χ2v) is 5.75. The summed E-state index contributed by atoms with van der Waals surface area (Å²) >= 11 is 0. The minimum Gasteiger partial charge on any atom is -0.393 e. The highest BCUT2D eigenvalue weighted by Crippen LogP contribution is 2.24. The Labute approximate surface area is 129 Å². The molecule has 4 nitrogen and oxygen atoms in total. The van der Waals surface area contributed by atoms with Gasteiger partial charge in [-0.3, -0.25) is 9.78 Å². The number of amides is 1. The van der Waals surface area contributed by atoms with Gasteiger partial charge < -0.3 is 10.4 Å². The molecule has 1 amide bonds. The number of aliphatic hydroxyl groups excluding tert-OH is 1. The highest BCUT2D eigenvalue weighted by atomic mass is 16.3. The van der Waals surface area contributed by atoms with Crippen molar-refractivity contribution in [3.8, 4) is 0 Å². The van der Waals surface area contributed by atoms with Crippen LogP contribution in [-0.4, -0.2) is 28.6 Å². The van der Waals surface area contributed by atoms with Gasteiger partial charge in [-0.05, 0) is 36.6 Å². The zero-order valence-electron chi connectivity index (χ0n) is 12.4. The molecule has 1 aliphatic rings. The van der Waals surface area contributed by atoms with Gasteiger partial charge in [0, 0.05) is 30.1 Å². The minimum atomic E-state index is -0.270. The molecule has 0 radical (unpaired) electrons. The van der Waals surface area contributed by atoms with Crippen LogP contribution in [0, 0.1) is 5.92 Å². The third-order valence-corrected chi connectivity index (χ3v) is 4.25. The van der Waals surface area contributed by atoms with Gasteiger partial charge in [0.15, 0.2) is 0 Å². The van der Waals surface area contributed by atoms with Crippen LogP contribution in [0.5, 0.6) is 0 Å². The van der Waals surface area contributed by atoms with E-state index < -0.39 is 0 Å². The van der Waals surface area contributed by atoms with Crippen LogP contribution in [0.4, 0.5) is 0 Å². The van der Waals surface area contributed by atoms with Gasteiger partial charge in [0.05, 0.1) is 11.6 Å². The first kappa shape index (κ1) is 14.7. The van der Waals surface area contributed by atoms with E-state index in [-0.39, 0.29) is 17.9 Å². The van der Waals surface area contributed by atoms with Gasteiger partial charge in [-0.2, -0.15) is 0 Å². The van der Waals surface area contributed by atoms with E-state index in [1.165, 1.54) is 0 Å². The van der Waals surface area contributed by atoms with Crippen molar-refractivity contribution in [1.82, 2.24) is 10.3 Å². The number of carbonyl (C=O) groups excluding carboxylic acids is 1. The molecule has 1 saturated carbocycles. The largest absolute Gasteiger partial charge is 0.393 e. The van der Waals surface area contributed by atoms with Crippen LogP contribution in [-0.2, 0) is 4.79 Å². The Morgan fingerprint density at radius 3 is 3.00 bits per heavy atom. The second kappa shape index (κ2) is 6.71. The van der Waals surface area contributed by atoms with Crippen molar-refractivity contribution in [2.45, 2.75) is 25.4 Å². The number of para-hydroxylation sites is 1. The molecule has 4 heteroatoms. The van der Waals surface area contributed by atoms with Gasteiger partial charge in [0.2, 0.25) is 5.91 Å². The number of fused-ring (bicyclic) bond motifs is 1. The molecule has 1 fully saturated rings. The summed E-state index contributed by atoms with van der Waals surface area (Å²) in [6.07, 6.45) is 7.70. The highest BCUT2D eigenvalue weighted by molar-refractivity contribution is 5.95. The Kier molecular flexibility index (Phi) is 4.49. The predicted molar refractivity (Wildman–Crippen MR) is 87.1 cm³/mol. The van der Waals surface area contributed by atoms with E-state index >= 15 is 0 Å². The Morgan fingerprint density at radius 1 is 1.32 bits per heavy atom. The number of carbonyl (C=O) groups is 1. The number of pyridine rings is 1. The van der Waals surface area contributed by atoms with Crippen LogP contribution in [0.1, 0.15) is 24.8 Å². The maximum atomic E-state index is 11.9. The third-order valence-electron chi connectivity index (χ3n) is 4.25. The van der Waals surface area contributed by atoms with Gasteiger partial charge in [0.25, 0.3) is 0 Å². The zero-order valence-corrected chi connectivity index (χ0v) is 12.4. The summed E-state index contributed by atoms with van der Waals surface area (Å²) in [6.45, 7) is 0.543. The van der Waals surface area contributed by atoms with Gasteiger partial charge in [0.1, 0.15) is 0 Å². The van der Waals surface area contributed by atoms with Gasteiger partial charge in [-0.1, -0.05) is 24.6 Å². The fourth-order valence-electron chi connectivity index (χ4n) is 2.97. The first-order valence-corrected chi connectivity index (χ1v) is 7.72. The number of hydrogen-bond acceptors (Lipinski definition) is 3. The molecule has 1 aromatic carbocycles. The van der Waals surface area contributed by atoms with E-state index in [0.29, 0.717) is 6.54 Å². The molecule has 1 heterocycles. The average Bonchev–Trinajstić information content (AvgIpc) is 2.96. The lowest BCUT2D eigenvalue weighted by atomic mass is 10.1. The lowest BCUT2D eigenvalue weighted by Crippen LogP contribution is -2.31. The number of benzene rings is 1. The maximum Gasteiger partial charge on any atom is 0.244 e. The summed E-state index contributed by atoms with van der Waals surface area (Å²) in [5.41, 5.74) is 1.89. The van der Waals surface area contributed by atoms with E-state index in [4.69, 9.17) is 0 Å². The SMILES string of the molecule is O=C(C=Cc1ccnc2ccccc12)NCC1CCCC1O. The lowest BCUT2D eigenvalue weighted by molar-refractivity contribution is -0.116. The van der Waals surface area contributed by atoms with Crippen LogP contribution >= 0.6 is 0 Å². The third kappa shape index (κ3) is 3.34. The van der Waals surface area contributed by atoms with E-state index in [1.54, 1.807) is 12.3 Å². The van der Waals surface area contributed by atoms with Gasteiger partial charge >= 0.3 is 0 Å². The molecule has 2 unspecified atom stereocenters. The van der Waals surface area contributed by atoms with Crippen LogP contribution < -0.4 is 5.32 Å². The molecule has 114 valence electrons. The summed E-state index contributed by atoms with van der Waals surface area (Å²) in [4.78, 5) is 16.2. The number of aliphatic hydroxyl groups is 1. The molecule has 1 aromatic heterocycles. The van der Waals surface area contributed by atoms with Gasteiger partial charge in [-0.15, -0.1) is 0 Å². The Hall–Kier alpha value is -2.20. The van der Waals surface area contributed by atoms with E-state index in [9.17, 15) is 9.90 Å². The van der Waals surface area contributed by atoms with Crippen molar-refractivity contribution in [3.63, 3.8) is 0 Å². The van der Waals surface area contributed by atoms with Crippen molar-refractivity contribution in [1.29, 1.82) is 0 Å². The standard InChI is InChI=1S/C18H20N2O2/c21-17-7-3-4-14(17)12-20-18(22)9-8-13-10-11-19-16-6-2-1-5-15(13)16/h1-2,5-6,8-11,14,17,21H,3-4,7,12H2,(H,20,22). The normalized spacial score (nSPS) is 21.5. The number of aromatic nitrogens is 1. The van der Waals surface area contributed by atoms with Gasteiger partial charge in [-0.25, -0.2) is 0 Å². The smallest absolute Gasteiger partial charge is 0.244 e. The minimum absolute atomic E-state index is 0.125. The Morgan fingerprint density at radius 2 is 2.18 bits per heavy atom. The fraction of sp³-hybridized carbons (Fsp3) is 0.333. The number of nitrogens with zero attached hydrogens (tertiary/aromatic N) is 1. The maximum absolute atomic E-state index is 11.9. The first-order valence-electron chi connectivity index (χ1n) is 7.72. The second-order valence-electron chi connectivity index (χ2n) is 5.75. The van der Waals surface area contributed by atoms with Crippen molar-refractivity contribution in [2.24, 2.45) is 5.92 Å². The molecular formula is C18H20N2O2. The van der Waals surface area contributed by atoms with Crippen molar-refractivity contribution < 1.29 is 9.90 Å². The molecule has 2 aromatic rings. The number of rotatable bonds is 4. The van der Waals surface area contributed by atoms with E-state index in [2.05, 4.69) is 10.3 Å². The molecule has 0 bridgehead atoms. The molecule has 0 saturated heterocycles. The van der Waals surface area contributed by atoms with Crippen LogP contribution in [0.2, 0.25) is 0 Å². The quantitative estimate of drug-likeness (QED) is 0.852. The lowest BCUT2D eigenvalue weighted by Gasteiger charge is -2.14. The Bertz CT molecular complexity index is 691. The van der Waals surface area contributed by atoms with E-state index in [0.717, 1.165) is 35.7 Å². The average molecular weight is 296 g/mol. The monoisotopic (exact) mass is 296 g/mol. The molecule has 1 aliphatic carbocycles. The summed E-state index contributed by atoms with van der Waals surface area (Å²) < 4.78 is 0. The highest BCUT2D eigenvalue weighted by Gasteiger charge is 2.24. The molecule has 2 N–H and O–H groups in total. The molecule has 0 spiro atoms. The fourth-order valence-corrected chi connectivity index (χ4v) is 2.97. The summed E-state index contributed by atoms with van der Waals surface area (Å²) in [5.74, 6) is 0.0686. The molecule has 3 rings (SSSR count). The summed E-state index contributed by atoms with van der Waals surface area (Å²) in [5, 5.41) is 13.7. The predicted octanol–water partition coefficient (Wildman–Crippen LogP) is 2.53. The zero-order chi connectivity index (χ0) is 15.4. The van der Waals surface area contributed by atoms with Crippen molar-refractivity contribution in [3.05, 3.63) is 48.2 Å². The Balaban J connectivity index is 1.64. The molecule has 22 heavy (non-hydrogen) atoms. The first-order chi connectivity index (χ1) is 10.7. The summed E-state index contributed by atoms with van der Waals surface area (Å²) in [6, 6.07) is 9.75. The molecule has 0 aliphatic heterocycles. The number of hydrogen-bond donors (Lipinski definition) is 2. The summed E-state index contributed by atoms with van der Waals surface area (Å²) in [7, 11) is 0. The van der Waals surface area contributed by atoms with Crippen molar-refractivity contribution >= 4 is 22.9 Å².